The Morgan fingerprint density at radius 1 is 1.29 bits per heavy atom. The van der Waals surface area contributed by atoms with Crippen molar-refractivity contribution in [3.05, 3.63) is 29.7 Å². The lowest BCUT2D eigenvalue weighted by atomic mass is 10.2. The van der Waals surface area contributed by atoms with E-state index in [9.17, 15) is 13.2 Å². The smallest absolute Gasteiger partial charge is 0.416 e. The predicted molar refractivity (Wildman–Crippen MR) is 71.9 cm³/mol. The van der Waals surface area contributed by atoms with Crippen molar-refractivity contribution in [3.8, 4) is 0 Å². The second-order valence-electron chi connectivity index (χ2n) is 5.19. The minimum atomic E-state index is -4.36. The fourth-order valence-electron chi connectivity index (χ4n) is 2.53. The van der Waals surface area contributed by atoms with Crippen LogP contribution in [-0.2, 0) is 6.18 Å². The van der Waals surface area contributed by atoms with Gasteiger partial charge in [0.05, 0.1) is 11.6 Å². The molecule has 2 heterocycles. The van der Waals surface area contributed by atoms with E-state index in [1.165, 1.54) is 6.07 Å². The van der Waals surface area contributed by atoms with Gasteiger partial charge >= 0.3 is 6.18 Å². The number of benzene rings is 1. The van der Waals surface area contributed by atoms with E-state index in [-0.39, 0.29) is 11.6 Å². The Bertz CT molecular complexity index is 632. The number of nitrogens with one attached hydrogen (secondary N) is 1. The van der Waals surface area contributed by atoms with E-state index in [2.05, 4.69) is 15.2 Å². The summed E-state index contributed by atoms with van der Waals surface area (Å²) in [6.45, 7) is 5.48. The summed E-state index contributed by atoms with van der Waals surface area (Å²) in [7, 11) is 0. The fraction of sp³-hybridized carbons (Fsp3) is 0.500. The van der Waals surface area contributed by atoms with Crippen LogP contribution in [-0.4, -0.2) is 36.1 Å². The third kappa shape index (κ3) is 2.89. The molecule has 0 aliphatic carbocycles. The number of hydrogen-bond donors (Lipinski definition) is 1. The SMILES string of the molecule is CC(c1nc2cc(C(F)(F)F)ccc2o1)N1CCNCC1. The average Bonchev–Trinajstić information content (AvgIpc) is 2.89. The molecule has 1 saturated heterocycles. The zero-order valence-corrected chi connectivity index (χ0v) is 11.6. The summed E-state index contributed by atoms with van der Waals surface area (Å²) < 4.78 is 43.7. The molecule has 1 N–H and O–H groups in total. The highest BCUT2D eigenvalue weighted by Gasteiger charge is 2.31. The number of halogens is 3. The molecule has 4 nitrogen and oxygen atoms in total. The van der Waals surface area contributed by atoms with Gasteiger partial charge in [0.15, 0.2) is 5.58 Å². The molecule has 1 aliphatic rings. The van der Waals surface area contributed by atoms with Gasteiger partial charge in [0.1, 0.15) is 5.52 Å². The molecule has 1 atom stereocenters. The van der Waals surface area contributed by atoms with Crippen LogP contribution in [0.2, 0.25) is 0 Å². The van der Waals surface area contributed by atoms with Gasteiger partial charge in [0, 0.05) is 26.2 Å². The van der Waals surface area contributed by atoms with E-state index in [4.69, 9.17) is 4.42 Å². The van der Waals surface area contributed by atoms with Crippen LogP contribution in [0, 0.1) is 0 Å². The number of fused-ring (bicyclic) bond motifs is 1. The molecule has 1 aliphatic heterocycles. The monoisotopic (exact) mass is 299 g/mol. The topological polar surface area (TPSA) is 41.3 Å². The molecule has 2 aromatic rings. The van der Waals surface area contributed by atoms with Gasteiger partial charge in [-0.1, -0.05) is 0 Å². The Balaban J connectivity index is 1.89. The highest BCUT2D eigenvalue weighted by atomic mass is 19.4. The first-order valence-electron chi connectivity index (χ1n) is 6.87. The molecule has 114 valence electrons. The quantitative estimate of drug-likeness (QED) is 0.926. The third-order valence-corrected chi connectivity index (χ3v) is 3.79. The van der Waals surface area contributed by atoms with Gasteiger partial charge < -0.3 is 9.73 Å². The maximum absolute atomic E-state index is 12.7. The highest BCUT2D eigenvalue weighted by Crippen LogP contribution is 2.32. The summed E-state index contributed by atoms with van der Waals surface area (Å²) in [6, 6.07) is 3.34. The number of aromatic nitrogens is 1. The molecule has 0 radical (unpaired) electrons. The molecule has 0 saturated carbocycles. The van der Waals surface area contributed by atoms with Crippen molar-refractivity contribution in [1.82, 2.24) is 15.2 Å². The van der Waals surface area contributed by atoms with Crippen molar-refractivity contribution in [3.63, 3.8) is 0 Å². The molecule has 1 aromatic heterocycles. The van der Waals surface area contributed by atoms with E-state index < -0.39 is 11.7 Å². The van der Waals surface area contributed by atoms with Gasteiger partial charge in [-0.15, -0.1) is 0 Å². The zero-order valence-electron chi connectivity index (χ0n) is 11.6. The van der Waals surface area contributed by atoms with Gasteiger partial charge in [0.2, 0.25) is 5.89 Å². The van der Waals surface area contributed by atoms with Crippen LogP contribution in [0.5, 0.6) is 0 Å². The third-order valence-electron chi connectivity index (χ3n) is 3.79. The van der Waals surface area contributed by atoms with Crippen molar-refractivity contribution in [1.29, 1.82) is 0 Å². The number of nitrogens with zero attached hydrogens (tertiary/aromatic N) is 2. The molecular formula is C14H16F3N3O. The Labute approximate surface area is 119 Å². The van der Waals surface area contributed by atoms with E-state index >= 15 is 0 Å². The van der Waals surface area contributed by atoms with Crippen LogP contribution in [0.25, 0.3) is 11.1 Å². The molecule has 0 spiro atoms. The first kappa shape index (κ1) is 14.3. The van der Waals surface area contributed by atoms with Crippen LogP contribution < -0.4 is 5.32 Å². The maximum atomic E-state index is 12.7. The lowest BCUT2D eigenvalue weighted by molar-refractivity contribution is -0.137. The number of piperazine rings is 1. The van der Waals surface area contributed by atoms with Crippen LogP contribution >= 0.6 is 0 Å². The van der Waals surface area contributed by atoms with Crippen molar-refractivity contribution in [2.75, 3.05) is 26.2 Å². The van der Waals surface area contributed by atoms with E-state index in [1.807, 2.05) is 6.92 Å². The summed E-state index contributed by atoms with van der Waals surface area (Å²) in [5, 5.41) is 3.25. The second-order valence-corrected chi connectivity index (χ2v) is 5.19. The van der Waals surface area contributed by atoms with Gasteiger partial charge in [-0.05, 0) is 25.1 Å². The first-order valence-corrected chi connectivity index (χ1v) is 6.87. The van der Waals surface area contributed by atoms with Crippen molar-refractivity contribution in [2.24, 2.45) is 0 Å². The number of oxazole rings is 1. The summed E-state index contributed by atoms with van der Waals surface area (Å²) in [6.07, 6.45) is -4.36. The van der Waals surface area contributed by atoms with Crippen LogP contribution in [0.4, 0.5) is 13.2 Å². The lowest BCUT2D eigenvalue weighted by Crippen LogP contribution is -2.44. The molecule has 3 rings (SSSR count). The molecule has 0 amide bonds. The average molecular weight is 299 g/mol. The highest BCUT2D eigenvalue weighted by molar-refractivity contribution is 5.73. The van der Waals surface area contributed by atoms with Crippen molar-refractivity contribution in [2.45, 2.75) is 19.1 Å². The summed E-state index contributed by atoms with van der Waals surface area (Å²) in [5.41, 5.74) is -0.0635. The lowest BCUT2D eigenvalue weighted by Gasteiger charge is -2.30. The summed E-state index contributed by atoms with van der Waals surface area (Å²) >= 11 is 0. The Kier molecular flexibility index (Phi) is 3.62. The Morgan fingerprint density at radius 3 is 2.67 bits per heavy atom. The maximum Gasteiger partial charge on any atom is 0.416 e. The fourth-order valence-corrected chi connectivity index (χ4v) is 2.53. The molecule has 7 heteroatoms. The van der Waals surface area contributed by atoms with E-state index in [1.54, 1.807) is 0 Å². The number of rotatable bonds is 2. The van der Waals surface area contributed by atoms with Gasteiger partial charge in [-0.3, -0.25) is 4.90 Å². The van der Waals surface area contributed by atoms with Crippen molar-refractivity contribution >= 4 is 11.1 Å². The minimum absolute atomic E-state index is 0.0474. The minimum Gasteiger partial charge on any atom is -0.439 e. The van der Waals surface area contributed by atoms with Crippen molar-refractivity contribution < 1.29 is 17.6 Å². The van der Waals surface area contributed by atoms with E-state index in [0.717, 1.165) is 38.3 Å². The predicted octanol–water partition coefficient (Wildman–Crippen LogP) is 2.81. The standard InChI is InChI=1S/C14H16F3N3O/c1-9(20-6-4-18-5-7-20)13-19-11-8-10(14(15,16)17)2-3-12(11)21-13/h2-3,8-9,18H,4-7H2,1H3. The molecule has 21 heavy (non-hydrogen) atoms. The summed E-state index contributed by atoms with van der Waals surface area (Å²) in [5.74, 6) is 0.464. The summed E-state index contributed by atoms with van der Waals surface area (Å²) in [4.78, 5) is 6.43. The molecule has 1 unspecified atom stereocenters. The van der Waals surface area contributed by atoms with Gasteiger partial charge in [-0.2, -0.15) is 13.2 Å². The first-order chi connectivity index (χ1) is 9.95. The van der Waals surface area contributed by atoms with Crippen LogP contribution in [0.3, 0.4) is 0 Å². The van der Waals surface area contributed by atoms with Crippen LogP contribution in [0.15, 0.2) is 22.6 Å². The van der Waals surface area contributed by atoms with Crippen LogP contribution in [0.1, 0.15) is 24.4 Å². The normalized spacial score (nSPS) is 19.0. The largest absolute Gasteiger partial charge is 0.439 e. The molecule has 0 bridgehead atoms. The van der Waals surface area contributed by atoms with E-state index in [0.29, 0.717) is 11.5 Å². The second kappa shape index (κ2) is 5.31. The zero-order chi connectivity index (χ0) is 15.0. The molecule has 1 fully saturated rings. The molecule has 1 aromatic carbocycles. The molecular weight excluding hydrogens is 283 g/mol. The number of hydrogen-bond acceptors (Lipinski definition) is 4. The Morgan fingerprint density at radius 2 is 2.00 bits per heavy atom. The number of alkyl halides is 3. The Hall–Kier alpha value is -1.60. The van der Waals surface area contributed by atoms with Gasteiger partial charge in [0.25, 0.3) is 0 Å². The van der Waals surface area contributed by atoms with Gasteiger partial charge in [-0.25, -0.2) is 4.98 Å².